The van der Waals surface area contributed by atoms with Crippen LogP contribution in [0.3, 0.4) is 0 Å². The van der Waals surface area contributed by atoms with Gasteiger partial charge in [0, 0.05) is 0 Å². The number of methoxy groups -OCH3 is 1. The lowest BCUT2D eigenvalue weighted by atomic mass is 10.1. The molecule has 0 aliphatic heterocycles. The van der Waals surface area contributed by atoms with E-state index in [9.17, 15) is 4.79 Å². The molecule has 0 atom stereocenters. The van der Waals surface area contributed by atoms with Crippen LogP contribution >= 0.6 is 0 Å². The highest BCUT2D eigenvalue weighted by molar-refractivity contribution is 5.82. The number of carbonyl (C=O) groups is 1. The van der Waals surface area contributed by atoms with Crippen LogP contribution in [0, 0.1) is 0 Å². The zero-order valence-corrected chi connectivity index (χ0v) is 18.3. The molecule has 0 heterocycles. The normalized spacial score (nSPS) is 11.0. The summed E-state index contributed by atoms with van der Waals surface area (Å²) in [6, 6.07) is 4.82. The third kappa shape index (κ3) is 12.8. The van der Waals surface area contributed by atoms with Crippen LogP contribution in [0.4, 0.5) is 4.79 Å². The number of rotatable bonds is 17. The zero-order chi connectivity index (χ0) is 21.2. The summed E-state index contributed by atoms with van der Waals surface area (Å²) < 4.78 is 11.2. The fraction of sp³-hybridized carbons (Fsp3) is 0.652. The van der Waals surface area contributed by atoms with E-state index in [1.807, 2.05) is 18.2 Å². The van der Waals surface area contributed by atoms with Crippen molar-refractivity contribution in [3.8, 4) is 11.5 Å². The Morgan fingerprint density at radius 1 is 0.966 bits per heavy atom. The average molecular weight is 406 g/mol. The molecule has 6 heteroatoms. The number of primary amides is 1. The molecule has 0 aliphatic rings. The molecule has 6 nitrogen and oxygen atoms in total. The molecule has 1 rings (SSSR count). The van der Waals surface area contributed by atoms with Crippen LogP contribution in [0.5, 0.6) is 11.5 Å². The highest BCUT2D eigenvalue weighted by atomic mass is 16.5. The van der Waals surface area contributed by atoms with Gasteiger partial charge in [0.15, 0.2) is 11.5 Å². The second-order valence-electron chi connectivity index (χ2n) is 7.38. The summed E-state index contributed by atoms with van der Waals surface area (Å²) in [6.07, 6.45) is 17.4. The molecule has 2 amide bonds. The summed E-state index contributed by atoms with van der Waals surface area (Å²) in [5.41, 5.74) is 7.92. The SMILES string of the molecule is CCCCCCCCCCCCCCOc1ccc(/C=N/NC(N)=O)cc1OC. The highest BCUT2D eigenvalue weighted by Gasteiger charge is 2.05. The van der Waals surface area contributed by atoms with E-state index in [1.54, 1.807) is 7.11 Å². The summed E-state index contributed by atoms with van der Waals surface area (Å²) in [5, 5.41) is 3.74. The van der Waals surface area contributed by atoms with Gasteiger partial charge in [0.2, 0.25) is 0 Å². The zero-order valence-electron chi connectivity index (χ0n) is 18.3. The Labute approximate surface area is 176 Å². The van der Waals surface area contributed by atoms with Crippen LogP contribution in [0.25, 0.3) is 0 Å². The number of nitrogens with two attached hydrogens (primary N) is 1. The van der Waals surface area contributed by atoms with Crippen LogP contribution in [0.2, 0.25) is 0 Å². The van der Waals surface area contributed by atoms with Gasteiger partial charge in [-0.15, -0.1) is 0 Å². The van der Waals surface area contributed by atoms with Gasteiger partial charge in [0.1, 0.15) is 0 Å². The number of carbonyl (C=O) groups excluding carboxylic acids is 1. The van der Waals surface area contributed by atoms with E-state index >= 15 is 0 Å². The molecule has 0 aliphatic carbocycles. The Morgan fingerprint density at radius 2 is 1.55 bits per heavy atom. The van der Waals surface area contributed by atoms with E-state index in [1.165, 1.54) is 76.8 Å². The molecular formula is C23H39N3O3. The van der Waals surface area contributed by atoms with E-state index in [0.717, 1.165) is 17.7 Å². The number of amides is 2. The molecular weight excluding hydrogens is 366 g/mol. The molecule has 0 bridgehead atoms. The van der Waals surface area contributed by atoms with Crippen molar-refractivity contribution in [2.75, 3.05) is 13.7 Å². The number of ether oxygens (including phenoxy) is 2. The van der Waals surface area contributed by atoms with Gasteiger partial charge in [-0.2, -0.15) is 5.10 Å². The van der Waals surface area contributed by atoms with E-state index in [4.69, 9.17) is 15.2 Å². The van der Waals surface area contributed by atoms with Gasteiger partial charge in [-0.25, -0.2) is 10.2 Å². The number of urea groups is 1. The number of nitrogens with zero attached hydrogens (tertiary/aromatic N) is 1. The third-order valence-corrected chi connectivity index (χ3v) is 4.83. The molecule has 3 N–H and O–H groups in total. The lowest BCUT2D eigenvalue weighted by Gasteiger charge is -2.11. The first-order valence-electron chi connectivity index (χ1n) is 11.1. The van der Waals surface area contributed by atoms with Gasteiger partial charge in [-0.1, -0.05) is 77.6 Å². The Balaban J connectivity index is 2.12. The van der Waals surface area contributed by atoms with Gasteiger partial charge in [0.25, 0.3) is 0 Å². The second-order valence-corrected chi connectivity index (χ2v) is 7.38. The van der Waals surface area contributed by atoms with Crippen LogP contribution in [-0.4, -0.2) is 26.0 Å². The minimum Gasteiger partial charge on any atom is -0.493 e. The van der Waals surface area contributed by atoms with Crippen molar-refractivity contribution in [2.24, 2.45) is 10.8 Å². The molecule has 1 aromatic carbocycles. The fourth-order valence-corrected chi connectivity index (χ4v) is 3.18. The average Bonchev–Trinajstić information content (AvgIpc) is 2.71. The minimum absolute atomic E-state index is 0.645. The quantitative estimate of drug-likeness (QED) is 0.196. The molecule has 29 heavy (non-hydrogen) atoms. The number of hydrogen-bond acceptors (Lipinski definition) is 4. The highest BCUT2D eigenvalue weighted by Crippen LogP contribution is 2.27. The third-order valence-electron chi connectivity index (χ3n) is 4.83. The predicted molar refractivity (Wildman–Crippen MR) is 120 cm³/mol. The predicted octanol–water partition coefficient (Wildman–Crippen LogP) is 5.78. The smallest absolute Gasteiger partial charge is 0.332 e. The van der Waals surface area contributed by atoms with Crippen LogP contribution in [-0.2, 0) is 0 Å². The Bertz CT molecular complexity index is 591. The van der Waals surface area contributed by atoms with Gasteiger partial charge in [0.05, 0.1) is 19.9 Å². The molecule has 0 aromatic heterocycles. The standard InChI is InChI=1S/C23H39N3O3/c1-3-4-5-6-7-8-9-10-11-12-13-14-17-29-21-16-15-20(18-22(21)28-2)19-25-26-23(24)27/h15-16,18-19H,3-14,17H2,1-2H3,(H3,24,26,27)/b25-19+. The maximum absolute atomic E-state index is 10.6. The lowest BCUT2D eigenvalue weighted by Crippen LogP contribution is -2.24. The molecule has 0 radical (unpaired) electrons. The lowest BCUT2D eigenvalue weighted by molar-refractivity contribution is 0.249. The number of benzene rings is 1. The maximum atomic E-state index is 10.6. The van der Waals surface area contributed by atoms with E-state index in [0.29, 0.717) is 12.4 Å². The van der Waals surface area contributed by atoms with Crippen LogP contribution in [0.15, 0.2) is 23.3 Å². The molecule has 0 fully saturated rings. The van der Waals surface area contributed by atoms with Crippen molar-refractivity contribution in [1.29, 1.82) is 0 Å². The molecule has 0 unspecified atom stereocenters. The molecule has 0 spiro atoms. The Kier molecular flexibility index (Phi) is 14.3. The number of nitrogens with one attached hydrogen (secondary N) is 1. The van der Waals surface area contributed by atoms with Crippen molar-refractivity contribution in [2.45, 2.75) is 84.0 Å². The van der Waals surface area contributed by atoms with Crippen LogP contribution in [0.1, 0.15) is 89.5 Å². The van der Waals surface area contributed by atoms with E-state index in [-0.39, 0.29) is 0 Å². The fourth-order valence-electron chi connectivity index (χ4n) is 3.18. The number of hydrogen-bond donors (Lipinski definition) is 2. The van der Waals surface area contributed by atoms with Crippen LogP contribution < -0.4 is 20.6 Å². The summed E-state index contributed by atoms with van der Waals surface area (Å²) >= 11 is 0. The van der Waals surface area contributed by atoms with Crippen molar-refractivity contribution < 1.29 is 14.3 Å². The molecule has 0 saturated carbocycles. The largest absolute Gasteiger partial charge is 0.493 e. The molecule has 164 valence electrons. The van der Waals surface area contributed by atoms with Gasteiger partial charge < -0.3 is 15.2 Å². The monoisotopic (exact) mass is 405 g/mol. The Hall–Kier alpha value is -2.24. The Morgan fingerprint density at radius 3 is 2.10 bits per heavy atom. The molecule has 0 saturated heterocycles. The number of unbranched alkanes of at least 4 members (excludes halogenated alkanes) is 11. The summed E-state index contributed by atoms with van der Waals surface area (Å²) in [7, 11) is 1.61. The van der Waals surface area contributed by atoms with Crippen molar-refractivity contribution in [1.82, 2.24) is 5.43 Å². The topological polar surface area (TPSA) is 85.9 Å². The van der Waals surface area contributed by atoms with E-state index in [2.05, 4.69) is 17.5 Å². The molecule has 1 aromatic rings. The van der Waals surface area contributed by atoms with Gasteiger partial charge in [-0.05, 0) is 30.2 Å². The summed E-state index contributed by atoms with van der Waals surface area (Å²) in [4.78, 5) is 10.6. The van der Waals surface area contributed by atoms with E-state index < -0.39 is 6.03 Å². The first-order chi connectivity index (χ1) is 14.2. The maximum Gasteiger partial charge on any atom is 0.332 e. The first kappa shape index (κ1) is 24.8. The van der Waals surface area contributed by atoms with Gasteiger partial charge >= 0.3 is 6.03 Å². The van der Waals surface area contributed by atoms with Crippen molar-refractivity contribution >= 4 is 12.2 Å². The van der Waals surface area contributed by atoms with Gasteiger partial charge in [-0.3, -0.25) is 0 Å². The van der Waals surface area contributed by atoms with Crippen molar-refractivity contribution in [3.05, 3.63) is 23.8 Å². The minimum atomic E-state index is -0.699. The first-order valence-corrected chi connectivity index (χ1v) is 11.1. The van der Waals surface area contributed by atoms with Crippen molar-refractivity contribution in [3.63, 3.8) is 0 Å². The summed E-state index contributed by atoms with van der Waals surface area (Å²) in [6.45, 7) is 2.95. The summed E-state index contributed by atoms with van der Waals surface area (Å²) in [5.74, 6) is 1.36. The number of hydrazone groups is 1. The second kappa shape index (κ2) is 16.7.